The van der Waals surface area contributed by atoms with Gasteiger partial charge in [0.2, 0.25) is 0 Å². The average molecular weight is 286 g/mol. The minimum atomic E-state index is -1.25. The Morgan fingerprint density at radius 3 is 1.81 bits per heavy atom. The molecule has 0 saturated carbocycles. The van der Waals surface area contributed by atoms with Crippen molar-refractivity contribution in [1.82, 2.24) is 0 Å². The Bertz CT molecular complexity index is 670. The highest BCUT2D eigenvalue weighted by Gasteiger charge is 2.12. The quantitative estimate of drug-likeness (QED) is 0.819. The van der Waals surface area contributed by atoms with E-state index in [2.05, 4.69) is 0 Å². The number of aldehydes is 1. The number of carboxylic acids is 2. The molecule has 0 spiro atoms. The molecule has 0 atom stereocenters. The summed E-state index contributed by atoms with van der Waals surface area (Å²) in [6.45, 7) is 0. The molecule has 0 heterocycles. The number of carbonyl (C=O) groups is 3. The van der Waals surface area contributed by atoms with Crippen LogP contribution in [0.2, 0.25) is 0 Å². The van der Waals surface area contributed by atoms with Crippen LogP contribution < -0.4 is 4.74 Å². The van der Waals surface area contributed by atoms with Crippen molar-refractivity contribution in [2.45, 2.75) is 0 Å². The predicted molar refractivity (Wildman–Crippen MR) is 72.3 cm³/mol. The summed E-state index contributed by atoms with van der Waals surface area (Å²) in [5.74, 6) is -2.05. The maximum atomic E-state index is 11.0. The standard InChI is InChI=1S/C15H10O6/c16-8-9-1-3-12(4-2-9)21-13-6-10(14(17)18)5-11(7-13)15(19)20/h1-8H,(H,17,18)(H,19,20). The highest BCUT2D eigenvalue weighted by Crippen LogP contribution is 2.24. The van der Waals surface area contributed by atoms with Gasteiger partial charge < -0.3 is 14.9 Å². The van der Waals surface area contributed by atoms with E-state index in [-0.39, 0.29) is 16.9 Å². The molecule has 0 radical (unpaired) electrons. The number of ether oxygens (including phenoxy) is 1. The molecule has 0 saturated heterocycles. The van der Waals surface area contributed by atoms with Crippen molar-refractivity contribution in [2.75, 3.05) is 0 Å². The topological polar surface area (TPSA) is 101 Å². The summed E-state index contributed by atoms with van der Waals surface area (Å²) in [4.78, 5) is 32.5. The van der Waals surface area contributed by atoms with Crippen molar-refractivity contribution < 1.29 is 29.3 Å². The van der Waals surface area contributed by atoms with Crippen LogP contribution in [0.4, 0.5) is 0 Å². The van der Waals surface area contributed by atoms with Crippen molar-refractivity contribution in [3.63, 3.8) is 0 Å². The van der Waals surface area contributed by atoms with Gasteiger partial charge in [-0.2, -0.15) is 0 Å². The molecule has 21 heavy (non-hydrogen) atoms. The summed E-state index contributed by atoms with van der Waals surface area (Å²) in [6.07, 6.45) is 0.678. The summed E-state index contributed by atoms with van der Waals surface area (Å²) < 4.78 is 5.42. The summed E-state index contributed by atoms with van der Waals surface area (Å²) in [7, 11) is 0. The van der Waals surface area contributed by atoms with E-state index in [0.29, 0.717) is 17.6 Å². The van der Waals surface area contributed by atoms with Gasteiger partial charge in [-0.3, -0.25) is 4.79 Å². The molecule has 0 aliphatic heterocycles. The third-order valence-corrected chi connectivity index (χ3v) is 2.65. The molecule has 6 heteroatoms. The molecule has 106 valence electrons. The highest BCUT2D eigenvalue weighted by molar-refractivity contribution is 5.94. The van der Waals surface area contributed by atoms with Crippen molar-refractivity contribution in [3.05, 3.63) is 59.2 Å². The highest BCUT2D eigenvalue weighted by atomic mass is 16.5. The van der Waals surface area contributed by atoms with Gasteiger partial charge in [0.15, 0.2) is 0 Å². The normalized spacial score (nSPS) is 9.90. The zero-order valence-electron chi connectivity index (χ0n) is 10.6. The molecule has 2 aromatic rings. The first-order valence-electron chi connectivity index (χ1n) is 5.84. The fourth-order valence-electron chi connectivity index (χ4n) is 1.66. The molecule has 0 bridgehead atoms. The lowest BCUT2D eigenvalue weighted by Crippen LogP contribution is -2.03. The molecule has 0 aliphatic rings. The van der Waals surface area contributed by atoms with Crippen LogP contribution in [-0.4, -0.2) is 28.4 Å². The zero-order chi connectivity index (χ0) is 15.4. The van der Waals surface area contributed by atoms with Crippen LogP contribution in [-0.2, 0) is 0 Å². The SMILES string of the molecule is O=Cc1ccc(Oc2cc(C(=O)O)cc(C(=O)O)c2)cc1. The fraction of sp³-hybridized carbons (Fsp3) is 0. The van der Waals surface area contributed by atoms with E-state index < -0.39 is 11.9 Å². The van der Waals surface area contributed by atoms with Crippen LogP contribution in [0.5, 0.6) is 11.5 Å². The Balaban J connectivity index is 2.35. The van der Waals surface area contributed by atoms with Gasteiger partial charge in [0.1, 0.15) is 17.8 Å². The van der Waals surface area contributed by atoms with Gasteiger partial charge in [-0.15, -0.1) is 0 Å². The monoisotopic (exact) mass is 286 g/mol. The fourth-order valence-corrected chi connectivity index (χ4v) is 1.66. The Kier molecular flexibility index (Phi) is 3.99. The number of aromatic carboxylic acids is 2. The summed E-state index contributed by atoms with van der Waals surface area (Å²) in [5.41, 5.74) is 0.0942. The Labute approximate surface area is 119 Å². The first-order valence-corrected chi connectivity index (χ1v) is 5.84. The minimum absolute atomic E-state index is 0.0890. The second-order valence-corrected chi connectivity index (χ2v) is 4.15. The van der Waals surface area contributed by atoms with Gasteiger partial charge in [-0.1, -0.05) is 0 Å². The maximum Gasteiger partial charge on any atom is 0.335 e. The van der Waals surface area contributed by atoms with Gasteiger partial charge in [-0.05, 0) is 42.5 Å². The van der Waals surface area contributed by atoms with Crippen LogP contribution in [0.25, 0.3) is 0 Å². The van der Waals surface area contributed by atoms with Gasteiger partial charge in [0.05, 0.1) is 11.1 Å². The maximum absolute atomic E-state index is 11.0. The van der Waals surface area contributed by atoms with Crippen molar-refractivity contribution in [1.29, 1.82) is 0 Å². The van der Waals surface area contributed by atoms with Crippen LogP contribution in [0.3, 0.4) is 0 Å². The molecule has 0 aliphatic carbocycles. The number of carbonyl (C=O) groups excluding carboxylic acids is 1. The van der Waals surface area contributed by atoms with E-state index in [1.54, 1.807) is 0 Å². The predicted octanol–water partition coefficient (Wildman–Crippen LogP) is 2.69. The van der Waals surface area contributed by atoms with E-state index >= 15 is 0 Å². The van der Waals surface area contributed by atoms with E-state index in [9.17, 15) is 14.4 Å². The van der Waals surface area contributed by atoms with E-state index in [1.165, 1.54) is 36.4 Å². The van der Waals surface area contributed by atoms with Gasteiger partial charge in [0.25, 0.3) is 0 Å². The lowest BCUT2D eigenvalue weighted by atomic mass is 10.1. The third-order valence-electron chi connectivity index (χ3n) is 2.65. The summed E-state index contributed by atoms with van der Waals surface area (Å²) in [6, 6.07) is 9.61. The molecule has 0 amide bonds. The molecular weight excluding hydrogens is 276 g/mol. The Hall–Kier alpha value is -3.15. The summed E-state index contributed by atoms with van der Waals surface area (Å²) in [5, 5.41) is 17.9. The number of carboxylic acid groups (broad SMARTS) is 2. The van der Waals surface area contributed by atoms with Gasteiger partial charge in [0, 0.05) is 5.56 Å². The molecule has 2 rings (SSSR count). The van der Waals surface area contributed by atoms with Crippen molar-refractivity contribution in [2.24, 2.45) is 0 Å². The lowest BCUT2D eigenvalue weighted by Gasteiger charge is -2.08. The summed E-state index contributed by atoms with van der Waals surface area (Å²) >= 11 is 0. The van der Waals surface area contributed by atoms with Gasteiger partial charge >= 0.3 is 11.9 Å². The largest absolute Gasteiger partial charge is 0.478 e. The lowest BCUT2D eigenvalue weighted by molar-refractivity contribution is 0.0696. The third kappa shape index (κ3) is 3.44. The van der Waals surface area contributed by atoms with Crippen LogP contribution in [0, 0.1) is 0 Å². The van der Waals surface area contributed by atoms with Crippen LogP contribution >= 0.6 is 0 Å². The van der Waals surface area contributed by atoms with Crippen molar-refractivity contribution >= 4 is 18.2 Å². The molecule has 0 unspecified atom stereocenters. The van der Waals surface area contributed by atoms with Gasteiger partial charge in [-0.25, -0.2) is 9.59 Å². The molecule has 0 fully saturated rings. The van der Waals surface area contributed by atoms with Crippen LogP contribution in [0.1, 0.15) is 31.1 Å². The van der Waals surface area contributed by atoms with Crippen LogP contribution in [0.15, 0.2) is 42.5 Å². The smallest absolute Gasteiger partial charge is 0.335 e. The first kappa shape index (κ1) is 14.3. The number of hydrogen-bond acceptors (Lipinski definition) is 4. The second kappa shape index (κ2) is 5.87. The average Bonchev–Trinajstić information content (AvgIpc) is 2.47. The number of hydrogen-bond donors (Lipinski definition) is 2. The molecule has 2 aromatic carbocycles. The second-order valence-electron chi connectivity index (χ2n) is 4.15. The van der Waals surface area contributed by atoms with E-state index in [0.717, 1.165) is 6.07 Å². The van der Waals surface area contributed by atoms with E-state index in [4.69, 9.17) is 14.9 Å². The zero-order valence-corrected chi connectivity index (χ0v) is 10.6. The minimum Gasteiger partial charge on any atom is -0.478 e. The molecular formula is C15H10O6. The number of rotatable bonds is 5. The molecule has 2 N–H and O–H groups in total. The Morgan fingerprint density at radius 1 is 0.857 bits per heavy atom. The Morgan fingerprint density at radius 2 is 1.38 bits per heavy atom. The first-order chi connectivity index (χ1) is 9.99. The molecule has 0 aromatic heterocycles. The van der Waals surface area contributed by atoms with E-state index in [1.807, 2.05) is 0 Å². The number of benzene rings is 2. The van der Waals surface area contributed by atoms with Crippen molar-refractivity contribution in [3.8, 4) is 11.5 Å². The molecule has 6 nitrogen and oxygen atoms in total.